The van der Waals surface area contributed by atoms with Gasteiger partial charge in [-0.3, -0.25) is 10.2 Å². The summed E-state index contributed by atoms with van der Waals surface area (Å²) < 4.78 is 5.23. The number of amides is 1. The van der Waals surface area contributed by atoms with Crippen molar-refractivity contribution >= 4 is 5.91 Å². The average Bonchev–Trinajstić information content (AvgIpc) is 2.82. The van der Waals surface area contributed by atoms with Gasteiger partial charge < -0.3 is 4.52 Å². The zero-order valence-corrected chi connectivity index (χ0v) is 9.43. The number of benzene rings is 1. The first-order chi connectivity index (χ1) is 8.27. The molecule has 88 valence electrons. The van der Waals surface area contributed by atoms with Crippen LogP contribution in [0.5, 0.6) is 0 Å². The summed E-state index contributed by atoms with van der Waals surface area (Å²) in [4.78, 5) is 11.5. The smallest absolute Gasteiger partial charge is 0.287 e. The first kappa shape index (κ1) is 11.3. The maximum atomic E-state index is 11.5. The molecule has 1 aromatic heterocycles. The molecule has 0 unspecified atom stereocenters. The summed E-state index contributed by atoms with van der Waals surface area (Å²) in [6.07, 6.45) is 0.649. The number of hydrazine groups is 1. The van der Waals surface area contributed by atoms with Crippen LogP contribution in [-0.2, 0) is 6.42 Å². The largest absolute Gasteiger partial charge is 0.355 e. The average molecular weight is 231 g/mol. The van der Waals surface area contributed by atoms with Crippen LogP contribution in [0, 0.1) is 0 Å². The molecule has 0 atom stereocenters. The zero-order chi connectivity index (χ0) is 12.3. The Kier molecular flexibility index (Phi) is 3.20. The highest BCUT2D eigenvalue weighted by molar-refractivity contribution is 5.94. The Morgan fingerprint density at radius 1 is 1.41 bits per heavy atom. The van der Waals surface area contributed by atoms with Crippen molar-refractivity contribution in [3.05, 3.63) is 41.6 Å². The van der Waals surface area contributed by atoms with Crippen LogP contribution in [0.1, 0.15) is 23.0 Å². The lowest BCUT2D eigenvalue weighted by atomic mass is 10.0. The fourth-order valence-corrected chi connectivity index (χ4v) is 1.70. The van der Waals surface area contributed by atoms with Crippen molar-refractivity contribution in [2.75, 3.05) is 0 Å². The molecule has 3 N–H and O–H groups in total. The third-order valence-electron chi connectivity index (χ3n) is 2.52. The van der Waals surface area contributed by atoms with E-state index < -0.39 is 5.91 Å². The number of carbonyl (C=O) groups excluding carboxylic acids is 1. The Morgan fingerprint density at radius 2 is 2.12 bits per heavy atom. The lowest BCUT2D eigenvalue weighted by Crippen LogP contribution is -2.31. The molecule has 0 radical (unpaired) electrons. The van der Waals surface area contributed by atoms with Gasteiger partial charge in [0.05, 0.1) is 0 Å². The molecular formula is C12H13N3O2. The van der Waals surface area contributed by atoms with E-state index in [0.717, 1.165) is 11.1 Å². The minimum atomic E-state index is -0.437. The molecule has 17 heavy (non-hydrogen) atoms. The molecule has 0 saturated heterocycles. The fraction of sp³-hybridized carbons (Fsp3) is 0.167. The van der Waals surface area contributed by atoms with Gasteiger partial charge in [0.2, 0.25) is 0 Å². The number of nitrogens with zero attached hydrogens (tertiary/aromatic N) is 1. The molecule has 0 saturated carbocycles. The molecule has 1 heterocycles. The van der Waals surface area contributed by atoms with Crippen molar-refractivity contribution in [3.8, 4) is 11.3 Å². The van der Waals surface area contributed by atoms with Gasteiger partial charge in [0.25, 0.3) is 5.91 Å². The van der Waals surface area contributed by atoms with E-state index in [1.165, 1.54) is 0 Å². The highest BCUT2D eigenvalue weighted by atomic mass is 16.5. The molecule has 0 fully saturated rings. The Labute approximate surface area is 98.6 Å². The second-order valence-corrected chi connectivity index (χ2v) is 3.53. The van der Waals surface area contributed by atoms with Crippen molar-refractivity contribution < 1.29 is 9.32 Å². The van der Waals surface area contributed by atoms with Gasteiger partial charge in [-0.1, -0.05) is 42.4 Å². The predicted octanol–water partition coefficient (Wildman–Crippen LogP) is 1.51. The zero-order valence-electron chi connectivity index (χ0n) is 9.43. The number of hydrogen-bond donors (Lipinski definition) is 2. The minimum Gasteiger partial charge on any atom is -0.355 e. The number of carbonyl (C=O) groups is 1. The number of aromatic nitrogens is 1. The normalized spacial score (nSPS) is 10.2. The number of nitrogens with two attached hydrogens (primary N) is 1. The Hall–Kier alpha value is -2.14. The van der Waals surface area contributed by atoms with Crippen LogP contribution in [0.2, 0.25) is 0 Å². The van der Waals surface area contributed by atoms with Crippen LogP contribution in [0.15, 0.2) is 34.9 Å². The topological polar surface area (TPSA) is 81.2 Å². The lowest BCUT2D eigenvalue weighted by molar-refractivity contribution is 0.0944. The first-order valence-electron chi connectivity index (χ1n) is 5.32. The van der Waals surface area contributed by atoms with Crippen molar-refractivity contribution in [1.82, 2.24) is 10.6 Å². The molecule has 2 aromatic rings. The quantitative estimate of drug-likeness (QED) is 0.476. The maximum absolute atomic E-state index is 11.5. The van der Waals surface area contributed by atoms with E-state index in [0.29, 0.717) is 12.2 Å². The molecule has 1 amide bonds. The second kappa shape index (κ2) is 4.80. The molecule has 2 rings (SSSR count). The van der Waals surface area contributed by atoms with Gasteiger partial charge in [0.1, 0.15) is 0 Å². The number of rotatable bonds is 3. The van der Waals surface area contributed by atoms with Gasteiger partial charge in [0.15, 0.2) is 11.5 Å². The second-order valence-electron chi connectivity index (χ2n) is 3.53. The fourth-order valence-electron chi connectivity index (χ4n) is 1.70. The number of nitrogens with one attached hydrogen (secondary N) is 1. The van der Waals surface area contributed by atoms with E-state index in [4.69, 9.17) is 10.4 Å². The van der Waals surface area contributed by atoms with Crippen molar-refractivity contribution in [3.63, 3.8) is 0 Å². The van der Waals surface area contributed by atoms with Crippen molar-refractivity contribution in [2.45, 2.75) is 13.3 Å². The van der Waals surface area contributed by atoms with Gasteiger partial charge in [-0.25, -0.2) is 5.84 Å². The summed E-state index contributed by atoms with van der Waals surface area (Å²) in [7, 11) is 0. The van der Waals surface area contributed by atoms with Gasteiger partial charge in [-0.15, -0.1) is 0 Å². The maximum Gasteiger partial charge on any atom is 0.287 e. The van der Waals surface area contributed by atoms with E-state index in [2.05, 4.69) is 10.6 Å². The van der Waals surface area contributed by atoms with Crippen molar-refractivity contribution in [2.24, 2.45) is 5.84 Å². The molecule has 0 aliphatic carbocycles. The van der Waals surface area contributed by atoms with Crippen LogP contribution >= 0.6 is 0 Å². The summed E-state index contributed by atoms with van der Waals surface area (Å²) in [6.45, 7) is 1.94. The van der Waals surface area contributed by atoms with E-state index >= 15 is 0 Å². The molecule has 1 aromatic carbocycles. The third kappa shape index (κ3) is 2.05. The van der Waals surface area contributed by atoms with Gasteiger partial charge in [-0.2, -0.15) is 0 Å². The van der Waals surface area contributed by atoms with Gasteiger partial charge >= 0.3 is 0 Å². The first-order valence-corrected chi connectivity index (χ1v) is 5.32. The standard InChI is InChI=1S/C12H13N3O2/c1-2-9-10(12(16)14-13)15-17-11(9)8-6-4-3-5-7-8/h3-7H,2,13H2,1H3,(H,14,16). The van der Waals surface area contributed by atoms with Gasteiger partial charge in [0, 0.05) is 11.1 Å². The van der Waals surface area contributed by atoms with E-state index in [-0.39, 0.29) is 5.69 Å². The predicted molar refractivity (Wildman–Crippen MR) is 63.0 cm³/mol. The molecular weight excluding hydrogens is 218 g/mol. The van der Waals surface area contributed by atoms with Crippen molar-refractivity contribution in [1.29, 1.82) is 0 Å². The van der Waals surface area contributed by atoms with Gasteiger partial charge in [-0.05, 0) is 6.42 Å². The van der Waals surface area contributed by atoms with E-state index in [1.807, 2.05) is 37.3 Å². The van der Waals surface area contributed by atoms with Crippen LogP contribution in [-0.4, -0.2) is 11.1 Å². The third-order valence-corrected chi connectivity index (χ3v) is 2.52. The molecule has 0 spiro atoms. The summed E-state index contributed by atoms with van der Waals surface area (Å²) in [5, 5.41) is 3.77. The summed E-state index contributed by atoms with van der Waals surface area (Å²) in [5.41, 5.74) is 3.96. The van der Waals surface area contributed by atoms with Crippen LogP contribution in [0.25, 0.3) is 11.3 Å². The molecule has 0 aliphatic heterocycles. The number of nitrogen functional groups attached to an aromatic ring is 1. The Bertz CT molecular complexity index is 520. The van der Waals surface area contributed by atoms with E-state index in [1.54, 1.807) is 0 Å². The highest BCUT2D eigenvalue weighted by Gasteiger charge is 2.20. The molecule has 0 aliphatic rings. The van der Waals surface area contributed by atoms with E-state index in [9.17, 15) is 4.79 Å². The monoisotopic (exact) mass is 231 g/mol. The summed E-state index contributed by atoms with van der Waals surface area (Å²) in [5.74, 6) is 5.27. The lowest BCUT2D eigenvalue weighted by Gasteiger charge is -2.00. The number of hydrogen-bond acceptors (Lipinski definition) is 4. The highest BCUT2D eigenvalue weighted by Crippen LogP contribution is 2.26. The summed E-state index contributed by atoms with van der Waals surface area (Å²) >= 11 is 0. The van der Waals surface area contributed by atoms with Crippen LogP contribution < -0.4 is 11.3 Å². The van der Waals surface area contributed by atoms with Crippen LogP contribution in [0.3, 0.4) is 0 Å². The summed E-state index contributed by atoms with van der Waals surface area (Å²) in [6, 6.07) is 9.53. The Morgan fingerprint density at radius 3 is 2.71 bits per heavy atom. The minimum absolute atomic E-state index is 0.244. The SMILES string of the molecule is CCc1c(C(=O)NN)noc1-c1ccccc1. The molecule has 5 heteroatoms. The Balaban J connectivity index is 2.50. The van der Waals surface area contributed by atoms with Crippen LogP contribution in [0.4, 0.5) is 0 Å². The molecule has 0 bridgehead atoms. The molecule has 5 nitrogen and oxygen atoms in total.